The number of piperidine rings is 1. The maximum Gasteiger partial charge on any atom is 0.246 e. The second kappa shape index (κ2) is 8.63. The number of nitrogens with zero attached hydrogens (tertiary/aromatic N) is 1. The minimum Gasteiger partial charge on any atom is -0.495 e. The number of carbonyl (C=O) groups excluding carboxylic acids is 1. The quantitative estimate of drug-likeness (QED) is 0.726. The number of ether oxygens (including phenoxy) is 1. The summed E-state index contributed by atoms with van der Waals surface area (Å²) < 4.78 is 33.9. The molecule has 8 heteroatoms. The first kappa shape index (κ1) is 20.8. The first-order valence-electron chi connectivity index (χ1n) is 9.02. The van der Waals surface area contributed by atoms with E-state index in [1.54, 1.807) is 18.2 Å². The molecule has 0 bridgehead atoms. The lowest BCUT2D eigenvalue weighted by Gasteiger charge is -2.31. The Morgan fingerprint density at radius 3 is 2.75 bits per heavy atom. The van der Waals surface area contributed by atoms with Crippen LogP contribution in [-0.2, 0) is 14.8 Å². The number of carbonyl (C=O) groups is 1. The third kappa shape index (κ3) is 4.56. The summed E-state index contributed by atoms with van der Waals surface area (Å²) in [6.45, 7) is 2.38. The molecule has 1 fully saturated rings. The van der Waals surface area contributed by atoms with Crippen molar-refractivity contribution in [2.45, 2.75) is 24.7 Å². The number of nitrogens with one attached hydrogen (secondary N) is 1. The van der Waals surface area contributed by atoms with Crippen LogP contribution in [0, 0.1) is 12.8 Å². The van der Waals surface area contributed by atoms with Crippen molar-refractivity contribution in [2.24, 2.45) is 5.92 Å². The van der Waals surface area contributed by atoms with Crippen molar-refractivity contribution < 1.29 is 17.9 Å². The van der Waals surface area contributed by atoms with E-state index in [2.05, 4.69) is 21.2 Å². The number of benzene rings is 2. The van der Waals surface area contributed by atoms with Gasteiger partial charge in [-0.1, -0.05) is 28.1 Å². The second-order valence-corrected chi connectivity index (χ2v) is 9.68. The summed E-state index contributed by atoms with van der Waals surface area (Å²) in [5.41, 5.74) is 1.51. The molecule has 0 saturated carbocycles. The molecule has 1 N–H and O–H groups in total. The smallest absolute Gasteiger partial charge is 0.246 e. The number of aryl methyl sites for hydroxylation is 1. The molecule has 0 radical (unpaired) electrons. The van der Waals surface area contributed by atoms with Gasteiger partial charge in [0.25, 0.3) is 0 Å². The zero-order valence-corrected chi connectivity index (χ0v) is 18.2. The van der Waals surface area contributed by atoms with Crippen LogP contribution in [-0.4, -0.2) is 38.8 Å². The fraction of sp³-hybridized carbons (Fsp3) is 0.350. The van der Waals surface area contributed by atoms with E-state index in [1.165, 1.54) is 11.4 Å². The third-order valence-corrected chi connectivity index (χ3v) is 7.16. The zero-order valence-electron chi connectivity index (χ0n) is 15.8. The molecule has 2 aromatic carbocycles. The number of methoxy groups -OCH3 is 1. The van der Waals surface area contributed by atoms with E-state index in [1.807, 2.05) is 31.2 Å². The molecule has 1 heterocycles. The molecule has 0 spiro atoms. The summed E-state index contributed by atoms with van der Waals surface area (Å²) in [7, 11) is -2.30. The number of rotatable bonds is 5. The summed E-state index contributed by atoms with van der Waals surface area (Å²) >= 11 is 3.38. The SMILES string of the molecule is COc1ccc(C)cc1S(=O)(=O)N1CCC[C@H](C(=O)Nc2cccc(Br)c2)C1. The van der Waals surface area contributed by atoms with Crippen molar-refractivity contribution in [2.75, 3.05) is 25.5 Å². The Kier molecular flexibility index (Phi) is 6.42. The summed E-state index contributed by atoms with van der Waals surface area (Å²) in [4.78, 5) is 12.8. The van der Waals surface area contributed by atoms with Crippen LogP contribution in [0.15, 0.2) is 51.8 Å². The van der Waals surface area contributed by atoms with Crippen molar-refractivity contribution in [1.82, 2.24) is 4.31 Å². The lowest BCUT2D eigenvalue weighted by atomic mass is 9.99. The summed E-state index contributed by atoms with van der Waals surface area (Å²) in [5, 5.41) is 2.88. The van der Waals surface area contributed by atoms with E-state index < -0.39 is 15.9 Å². The first-order valence-corrected chi connectivity index (χ1v) is 11.3. The number of anilines is 1. The maximum absolute atomic E-state index is 13.2. The molecule has 0 aromatic heterocycles. The van der Waals surface area contributed by atoms with E-state index in [-0.39, 0.29) is 17.3 Å². The zero-order chi connectivity index (χ0) is 20.3. The van der Waals surface area contributed by atoms with E-state index in [0.717, 1.165) is 10.0 Å². The summed E-state index contributed by atoms with van der Waals surface area (Å²) in [6, 6.07) is 12.4. The number of sulfonamides is 1. The number of amides is 1. The van der Waals surface area contributed by atoms with Gasteiger partial charge in [-0.25, -0.2) is 8.42 Å². The van der Waals surface area contributed by atoms with E-state index in [4.69, 9.17) is 4.74 Å². The molecule has 6 nitrogen and oxygen atoms in total. The van der Waals surface area contributed by atoms with Gasteiger partial charge < -0.3 is 10.1 Å². The van der Waals surface area contributed by atoms with Crippen molar-refractivity contribution in [3.63, 3.8) is 0 Å². The average Bonchev–Trinajstić information content (AvgIpc) is 2.68. The van der Waals surface area contributed by atoms with E-state index in [9.17, 15) is 13.2 Å². The highest BCUT2D eigenvalue weighted by molar-refractivity contribution is 9.10. The van der Waals surface area contributed by atoms with Gasteiger partial charge in [-0.15, -0.1) is 0 Å². The average molecular weight is 467 g/mol. The summed E-state index contributed by atoms with van der Waals surface area (Å²) in [6.07, 6.45) is 1.28. The third-order valence-electron chi connectivity index (χ3n) is 4.78. The van der Waals surface area contributed by atoms with Crippen LogP contribution in [0.5, 0.6) is 5.75 Å². The fourth-order valence-electron chi connectivity index (χ4n) is 3.31. The van der Waals surface area contributed by atoms with Crippen LogP contribution in [0.3, 0.4) is 0 Å². The molecular weight excluding hydrogens is 444 g/mol. The highest BCUT2D eigenvalue weighted by atomic mass is 79.9. The topological polar surface area (TPSA) is 75.7 Å². The van der Waals surface area contributed by atoms with Crippen molar-refractivity contribution in [3.8, 4) is 5.75 Å². The molecule has 1 saturated heterocycles. The maximum atomic E-state index is 13.2. The molecule has 1 amide bonds. The van der Waals surface area contributed by atoms with Crippen LogP contribution < -0.4 is 10.1 Å². The van der Waals surface area contributed by atoms with Crippen molar-refractivity contribution >= 4 is 37.5 Å². The minimum atomic E-state index is -3.75. The number of hydrogen-bond donors (Lipinski definition) is 1. The van der Waals surface area contributed by atoms with Gasteiger partial charge >= 0.3 is 0 Å². The Labute approximate surface area is 174 Å². The normalized spacial score (nSPS) is 17.9. The van der Waals surface area contributed by atoms with Gasteiger partial charge in [0.15, 0.2) is 0 Å². The number of hydrogen-bond acceptors (Lipinski definition) is 4. The van der Waals surface area contributed by atoms with Crippen LogP contribution in [0.4, 0.5) is 5.69 Å². The molecule has 1 aliphatic heterocycles. The molecule has 3 rings (SSSR count). The second-order valence-electron chi connectivity index (χ2n) is 6.86. The van der Waals surface area contributed by atoms with E-state index >= 15 is 0 Å². The lowest BCUT2D eigenvalue weighted by molar-refractivity contribution is -0.120. The Morgan fingerprint density at radius 2 is 2.04 bits per heavy atom. The molecule has 0 aliphatic carbocycles. The van der Waals surface area contributed by atoms with Crippen molar-refractivity contribution in [3.05, 3.63) is 52.5 Å². The van der Waals surface area contributed by atoms with Crippen molar-refractivity contribution in [1.29, 1.82) is 0 Å². The highest BCUT2D eigenvalue weighted by Crippen LogP contribution is 2.31. The van der Waals surface area contributed by atoms with Gasteiger partial charge in [0.2, 0.25) is 15.9 Å². The molecule has 28 heavy (non-hydrogen) atoms. The molecular formula is C20H23BrN2O4S. The van der Waals surface area contributed by atoms with Gasteiger partial charge in [-0.3, -0.25) is 4.79 Å². The van der Waals surface area contributed by atoms with Crippen LogP contribution in [0.2, 0.25) is 0 Å². The Bertz CT molecular complexity index is 978. The van der Waals surface area contributed by atoms with Gasteiger partial charge in [0.1, 0.15) is 10.6 Å². The molecule has 2 aromatic rings. The fourth-order valence-corrected chi connectivity index (χ4v) is 5.47. The highest BCUT2D eigenvalue weighted by Gasteiger charge is 2.35. The Morgan fingerprint density at radius 1 is 1.25 bits per heavy atom. The molecule has 0 unspecified atom stereocenters. The Balaban J connectivity index is 1.79. The molecule has 1 atom stereocenters. The Hall–Kier alpha value is -1.90. The van der Waals surface area contributed by atoms with E-state index in [0.29, 0.717) is 30.8 Å². The number of halogens is 1. The monoisotopic (exact) mass is 466 g/mol. The van der Waals surface area contributed by atoms with Gasteiger partial charge in [0.05, 0.1) is 13.0 Å². The van der Waals surface area contributed by atoms with Crippen LogP contribution in [0.25, 0.3) is 0 Å². The predicted molar refractivity (Wildman–Crippen MR) is 112 cm³/mol. The molecule has 150 valence electrons. The van der Waals surface area contributed by atoms with Crippen LogP contribution >= 0.6 is 15.9 Å². The van der Waals surface area contributed by atoms with Gasteiger partial charge in [0, 0.05) is 23.2 Å². The summed E-state index contributed by atoms with van der Waals surface area (Å²) in [5.74, 6) is -0.265. The first-order chi connectivity index (χ1) is 13.3. The standard InChI is InChI=1S/C20H23BrN2O4S/c1-14-8-9-18(27-2)19(11-14)28(25,26)23-10-4-5-15(13-23)20(24)22-17-7-3-6-16(21)12-17/h3,6-9,11-12,15H,4-5,10,13H2,1-2H3,(H,22,24)/t15-/m0/s1. The lowest BCUT2D eigenvalue weighted by Crippen LogP contribution is -2.43. The largest absolute Gasteiger partial charge is 0.495 e. The minimum absolute atomic E-state index is 0.142. The van der Waals surface area contributed by atoms with Gasteiger partial charge in [-0.05, 0) is 55.7 Å². The van der Waals surface area contributed by atoms with Gasteiger partial charge in [-0.2, -0.15) is 4.31 Å². The predicted octanol–water partition coefficient (Wildman–Crippen LogP) is 3.81. The van der Waals surface area contributed by atoms with Crippen LogP contribution in [0.1, 0.15) is 18.4 Å². The molecule has 1 aliphatic rings.